The lowest BCUT2D eigenvalue weighted by molar-refractivity contribution is -0.147. The van der Waals surface area contributed by atoms with Crippen molar-refractivity contribution in [2.75, 3.05) is 18.1 Å². The van der Waals surface area contributed by atoms with Gasteiger partial charge in [-0.15, -0.1) is 0 Å². The molecule has 122 valence electrons. The van der Waals surface area contributed by atoms with E-state index in [1.165, 1.54) is 22.3 Å². The van der Waals surface area contributed by atoms with E-state index in [1.807, 2.05) is 6.07 Å². The molecule has 1 atom stereocenters. The van der Waals surface area contributed by atoms with Crippen molar-refractivity contribution >= 4 is 17.6 Å². The van der Waals surface area contributed by atoms with Crippen LogP contribution in [0.25, 0.3) is 11.1 Å². The van der Waals surface area contributed by atoms with Crippen molar-refractivity contribution in [2.45, 2.75) is 19.8 Å². The summed E-state index contributed by atoms with van der Waals surface area (Å²) in [5.41, 5.74) is 5.94. The maximum atomic E-state index is 12.3. The van der Waals surface area contributed by atoms with Crippen LogP contribution in [0.1, 0.15) is 24.5 Å². The molecule has 4 nitrogen and oxygen atoms in total. The highest BCUT2D eigenvalue weighted by atomic mass is 16.5. The van der Waals surface area contributed by atoms with E-state index >= 15 is 0 Å². The fraction of sp³-hybridized carbons (Fsp3) is 0.300. The standard InChI is InChI=1S/C20H19NO3/c1-2-24-20(23)15-11-19(22)21(12-15)16-7-8-18-14(10-16)9-13-5-3-4-6-17(13)18/h3-8,10,15H,2,9,11-12H2,1H3/t15-/m0/s1. The number of anilines is 1. The minimum absolute atomic E-state index is 0.0106. The van der Waals surface area contributed by atoms with E-state index in [9.17, 15) is 9.59 Å². The summed E-state index contributed by atoms with van der Waals surface area (Å²) in [6.07, 6.45) is 1.12. The second-order valence-electron chi connectivity index (χ2n) is 6.33. The molecule has 24 heavy (non-hydrogen) atoms. The molecule has 1 fully saturated rings. The van der Waals surface area contributed by atoms with E-state index in [-0.39, 0.29) is 24.2 Å². The first-order valence-corrected chi connectivity index (χ1v) is 8.35. The van der Waals surface area contributed by atoms with Gasteiger partial charge in [-0.2, -0.15) is 0 Å². The Hall–Kier alpha value is -2.62. The maximum absolute atomic E-state index is 12.3. The molecule has 1 aliphatic heterocycles. The number of amides is 1. The molecule has 1 amide bonds. The molecule has 0 aromatic heterocycles. The third-order valence-corrected chi connectivity index (χ3v) is 4.83. The van der Waals surface area contributed by atoms with Gasteiger partial charge in [0.25, 0.3) is 0 Å². The van der Waals surface area contributed by atoms with Crippen LogP contribution in [0.4, 0.5) is 5.69 Å². The lowest BCUT2D eigenvalue weighted by Crippen LogP contribution is -2.26. The van der Waals surface area contributed by atoms with Crippen molar-refractivity contribution in [3.05, 3.63) is 53.6 Å². The van der Waals surface area contributed by atoms with Gasteiger partial charge < -0.3 is 9.64 Å². The van der Waals surface area contributed by atoms with Gasteiger partial charge in [0.05, 0.1) is 12.5 Å². The van der Waals surface area contributed by atoms with E-state index in [0.717, 1.165) is 12.1 Å². The zero-order valence-corrected chi connectivity index (χ0v) is 13.6. The molecule has 0 unspecified atom stereocenters. The number of ether oxygens (including phenoxy) is 1. The highest BCUT2D eigenvalue weighted by Crippen LogP contribution is 2.39. The predicted octanol–water partition coefficient (Wildman–Crippen LogP) is 3.17. The number of hydrogen-bond donors (Lipinski definition) is 0. The predicted molar refractivity (Wildman–Crippen MR) is 91.8 cm³/mol. The Bertz CT molecular complexity index is 827. The number of hydrogen-bond acceptors (Lipinski definition) is 3. The van der Waals surface area contributed by atoms with Crippen molar-refractivity contribution in [3.63, 3.8) is 0 Å². The summed E-state index contributed by atoms with van der Waals surface area (Å²) in [5, 5.41) is 0. The number of esters is 1. The Kier molecular flexibility index (Phi) is 3.60. The van der Waals surface area contributed by atoms with Crippen molar-refractivity contribution in [3.8, 4) is 11.1 Å². The quantitative estimate of drug-likeness (QED) is 0.696. The summed E-state index contributed by atoms with van der Waals surface area (Å²) in [5.74, 6) is -0.645. The SMILES string of the molecule is CCOC(=O)[C@H]1CC(=O)N(c2ccc3c(c2)Cc2ccccc2-3)C1. The monoisotopic (exact) mass is 321 g/mol. The number of carbonyl (C=O) groups excluding carboxylic acids is 2. The fourth-order valence-corrected chi connectivity index (χ4v) is 3.67. The molecular formula is C20H19NO3. The van der Waals surface area contributed by atoms with Crippen LogP contribution < -0.4 is 4.90 Å². The zero-order valence-electron chi connectivity index (χ0n) is 13.6. The van der Waals surface area contributed by atoms with Crippen LogP contribution in [-0.4, -0.2) is 25.0 Å². The minimum atomic E-state index is -0.358. The van der Waals surface area contributed by atoms with Crippen LogP contribution >= 0.6 is 0 Å². The Morgan fingerprint density at radius 2 is 1.96 bits per heavy atom. The average Bonchev–Trinajstić information content (AvgIpc) is 3.15. The first-order valence-electron chi connectivity index (χ1n) is 8.35. The molecule has 4 rings (SSSR count). The second kappa shape index (κ2) is 5.78. The van der Waals surface area contributed by atoms with Gasteiger partial charge in [-0.3, -0.25) is 9.59 Å². The van der Waals surface area contributed by atoms with Gasteiger partial charge in [0.2, 0.25) is 5.91 Å². The summed E-state index contributed by atoms with van der Waals surface area (Å²) in [4.78, 5) is 25.9. The third kappa shape index (κ3) is 2.39. The van der Waals surface area contributed by atoms with E-state index in [0.29, 0.717) is 13.2 Å². The fourth-order valence-electron chi connectivity index (χ4n) is 3.67. The van der Waals surface area contributed by atoms with Gasteiger partial charge in [-0.1, -0.05) is 30.3 Å². The summed E-state index contributed by atoms with van der Waals surface area (Å²) < 4.78 is 5.06. The van der Waals surface area contributed by atoms with Crippen molar-refractivity contribution in [1.29, 1.82) is 0 Å². The van der Waals surface area contributed by atoms with Crippen LogP contribution in [0.15, 0.2) is 42.5 Å². The topological polar surface area (TPSA) is 46.6 Å². The number of carbonyl (C=O) groups is 2. The highest BCUT2D eigenvalue weighted by Gasteiger charge is 2.36. The largest absolute Gasteiger partial charge is 0.466 e. The third-order valence-electron chi connectivity index (χ3n) is 4.83. The molecule has 0 saturated carbocycles. The summed E-state index contributed by atoms with van der Waals surface area (Å²) in [6.45, 7) is 2.54. The van der Waals surface area contributed by atoms with E-state index < -0.39 is 0 Å². The minimum Gasteiger partial charge on any atom is -0.466 e. The lowest BCUT2D eigenvalue weighted by atomic mass is 10.1. The average molecular weight is 321 g/mol. The number of rotatable bonds is 3. The molecule has 2 aromatic carbocycles. The van der Waals surface area contributed by atoms with Gasteiger partial charge in [-0.25, -0.2) is 0 Å². The normalized spacial score (nSPS) is 18.5. The van der Waals surface area contributed by atoms with E-state index in [4.69, 9.17) is 4.74 Å². The Balaban J connectivity index is 1.59. The van der Waals surface area contributed by atoms with Gasteiger partial charge >= 0.3 is 5.97 Å². The first kappa shape index (κ1) is 14.9. The van der Waals surface area contributed by atoms with Crippen molar-refractivity contribution in [1.82, 2.24) is 0 Å². The molecule has 0 bridgehead atoms. The Labute approximate surface area is 141 Å². The van der Waals surface area contributed by atoms with Crippen LogP contribution in [-0.2, 0) is 20.7 Å². The van der Waals surface area contributed by atoms with Gasteiger partial charge in [-0.05, 0) is 47.7 Å². The molecule has 0 spiro atoms. The molecule has 1 saturated heterocycles. The molecular weight excluding hydrogens is 302 g/mol. The molecule has 4 heteroatoms. The van der Waals surface area contributed by atoms with Gasteiger partial charge in [0.15, 0.2) is 0 Å². The number of benzene rings is 2. The second-order valence-corrected chi connectivity index (χ2v) is 6.33. The number of fused-ring (bicyclic) bond motifs is 3. The van der Waals surface area contributed by atoms with Crippen LogP contribution in [0.5, 0.6) is 0 Å². The highest BCUT2D eigenvalue weighted by molar-refractivity contribution is 6.00. The van der Waals surface area contributed by atoms with E-state index in [1.54, 1.807) is 11.8 Å². The molecule has 2 aromatic rings. The van der Waals surface area contributed by atoms with Gasteiger partial charge in [0, 0.05) is 18.7 Å². The Morgan fingerprint density at radius 1 is 1.17 bits per heavy atom. The Morgan fingerprint density at radius 3 is 2.79 bits per heavy atom. The van der Waals surface area contributed by atoms with Crippen molar-refractivity contribution in [2.24, 2.45) is 5.92 Å². The van der Waals surface area contributed by atoms with Crippen LogP contribution in [0, 0.1) is 5.92 Å². The molecule has 0 N–H and O–H groups in total. The summed E-state index contributed by atoms with van der Waals surface area (Å²) >= 11 is 0. The summed E-state index contributed by atoms with van der Waals surface area (Å²) in [6, 6.07) is 14.5. The zero-order chi connectivity index (χ0) is 16.7. The molecule has 0 radical (unpaired) electrons. The number of nitrogens with zero attached hydrogens (tertiary/aromatic N) is 1. The molecule has 1 aliphatic carbocycles. The maximum Gasteiger partial charge on any atom is 0.311 e. The first-order chi connectivity index (χ1) is 11.7. The van der Waals surface area contributed by atoms with Crippen LogP contribution in [0.3, 0.4) is 0 Å². The molecule has 2 aliphatic rings. The summed E-state index contributed by atoms with van der Waals surface area (Å²) in [7, 11) is 0. The molecule has 1 heterocycles. The van der Waals surface area contributed by atoms with Crippen LogP contribution in [0.2, 0.25) is 0 Å². The lowest BCUT2D eigenvalue weighted by Gasteiger charge is -2.17. The smallest absolute Gasteiger partial charge is 0.311 e. The van der Waals surface area contributed by atoms with E-state index in [2.05, 4.69) is 36.4 Å². The van der Waals surface area contributed by atoms with Gasteiger partial charge in [0.1, 0.15) is 0 Å². The van der Waals surface area contributed by atoms with Crippen molar-refractivity contribution < 1.29 is 14.3 Å².